The van der Waals surface area contributed by atoms with E-state index in [0.717, 1.165) is 37.0 Å². The van der Waals surface area contributed by atoms with Crippen LogP contribution in [0.15, 0.2) is 0 Å². The van der Waals surface area contributed by atoms with Crippen molar-refractivity contribution in [1.29, 1.82) is 0 Å². The first-order valence-corrected chi connectivity index (χ1v) is 13.8. The predicted molar refractivity (Wildman–Crippen MR) is 130 cm³/mol. The quantitative estimate of drug-likeness (QED) is 0.257. The van der Waals surface area contributed by atoms with Crippen molar-refractivity contribution in [3.05, 3.63) is 10.1 Å². The standard InChI is InChI=1S/C27H46ClNO3/c1-17(2)7-6-8-18(3)21-9-10-22-20-15-24(29(31)32)27(28)16-19(30)11-14-26(27,5)23(20)12-13-25(21,22)4/h17-24,30H,6-16H2,1-5H3/t18-,19-,20+,21-,22+,23+,24+,25-,26-,27+/m1/s1. The van der Waals surface area contributed by atoms with Crippen LogP contribution in [0.2, 0.25) is 0 Å². The number of alkyl halides is 1. The van der Waals surface area contributed by atoms with Gasteiger partial charge in [0.1, 0.15) is 4.87 Å². The normalized spacial score (nSPS) is 49.2. The molecule has 0 amide bonds. The highest BCUT2D eigenvalue weighted by Crippen LogP contribution is 2.70. The molecule has 4 fully saturated rings. The minimum absolute atomic E-state index is 0.0908. The fourth-order valence-electron chi connectivity index (χ4n) is 9.49. The third-order valence-corrected chi connectivity index (χ3v) is 12.1. The summed E-state index contributed by atoms with van der Waals surface area (Å²) in [7, 11) is 0. The monoisotopic (exact) mass is 467 g/mol. The van der Waals surface area contributed by atoms with Crippen LogP contribution in [0.4, 0.5) is 0 Å². The molecule has 32 heavy (non-hydrogen) atoms. The Labute approximate surface area is 200 Å². The van der Waals surface area contributed by atoms with Crippen LogP contribution in [0.5, 0.6) is 0 Å². The molecule has 0 saturated heterocycles. The molecule has 4 aliphatic rings. The lowest BCUT2D eigenvalue weighted by molar-refractivity contribution is -0.543. The topological polar surface area (TPSA) is 63.4 Å². The summed E-state index contributed by atoms with van der Waals surface area (Å²) < 4.78 is 0. The third kappa shape index (κ3) is 3.74. The third-order valence-electron chi connectivity index (χ3n) is 11.2. The van der Waals surface area contributed by atoms with Crippen molar-refractivity contribution in [2.24, 2.45) is 46.3 Å². The molecule has 4 saturated carbocycles. The maximum absolute atomic E-state index is 12.3. The summed E-state index contributed by atoms with van der Waals surface area (Å²) >= 11 is 7.23. The molecule has 1 N–H and O–H groups in total. The highest BCUT2D eigenvalue weighted by atomic mass is 35.5. The van der Waals surface area contributed by atoms with E-state index in [4.69, 9.17) is 11.6 Å². The van der Waals surface area contributed by atoms with Gasteiger partial charge in [-0.3, -0.25) is 10.1 Å². The van der Waals surface area contributed by atoms with Crippen LogP contribution >= 0.6 is 11.6 Å². The molecule has 10 atom stereocenters. The highest BCUT2D eigenvalue weighted by Gasteiger charge is 2.70. The average molecular weight is 468 g/mol. The fraction of sp³-hybridized carbons (Fsp3) is 1.00. The summed E-state index contributed by atoms with van der Waals surface area (Å²) in [5.74, 6) is 3.71. The molecular weight excluding hydrogens is 422 g/mol. The second-order valence-electron chi connectivity index (χ2n) is 13.1. The molecule has 5 heteroatoms. The van der Waals surface area contributed by atoms with Gasteiger partial charge in [0.2, 0.25) is 6.04 Å². The first kappa shape index (κ1) is 24.8. The lowest BCUT2D eigenvalue weighted by Gasteiger charge is -2.63. The van der Waals surface area contributed by atoms with E-state index in [1.807, 2.05) is 0 Å². The van der Waals surface area contributed by atoms with E-state index >= 15 is 0 Å². The van der Waals surface area contributed by atoms with Gasteiger partial charge in [-0.2, -0.15) is 0 Å². The number of nitro groups is 1. The van der Waals surface area contributed by atoms with Gasteiger partial charge >= 0.3 is 0 Å². The van der Waals surface area contributed by atoms with Crippen LogP contribution in [-0.4, -0.2) is 27.0 Å². The molecule has 4 aliphatic carbocycles. The second kappa shape index (κ2) is 8.70. The van der Waals surface area contributed by atoms with E-state index in [9.17, 15) is 15.2 Å². The highest BCUT2D eigenvalue weighted by molar-refractivity contribution is 6.25. The van der Waals surface area contributed by atoms with E-state index in [0.29, 0.717) is 36.0 Å². The number of fused-ring (bicyclic) bond motifs is 5. The maximum Gasteiger partial charge on any atom is 0.232 e. The van der Waals surface area contributed by atoms with Crippen molar-refractivity contribution >= 4 is 11.6 Å². The summed E-state index contributed by atoms with van der Waals surface area (Å²) in [6.45, 7) is 11.9. The van der Waals surface area contributed by atoms with Crippen LogP contribution in [0.1, 0.15) is 105 Å². The summed E-state index contributed by atoms with van der Waals surface area (Å²) in [5.41, 5.74) is 0.0627. The van der Waals surface area contributed by atoms with Crippen molar-refractivity contribution in [3.8, 4) is 0 Å². The van der Waals surface area contributed by atoms with Gasteiger partial charge in [-0.25, -0.2) is 0 Å². The first-order chi connectivity index (χ1) is 14.9. The minimum atomic E-state index is -0.911. The van der Waals surface area contributed by atoms with E-state index in [1.165, 1.54) is 38.5 Å². The molecule has 0 heterocycles. The van der Waals surface area contributed by atoms with Crippen LogP contribution in [0.3, 0.4) is 0 Å². The van der Waals surface area contributed by atoms with E-state index in [2.05, 4.69) is 34.6 Å². The minimum Gasteiger partial charge on any atom is -0.393 e. The second-order valence-corrected chi connectivity index (χ2v) is 13.8. The van der Waals surface area contributed by atoms with Crippen LogP contribution in [-0.2, 0) is 0 Å². The average Bonchev–Trinajstić information content (AvgIpc) is 3.05. The SMILES string of the molecule is CC(C)CCC[C@@H](C)[C@H]1CC[C@H]2[C@@H]3C[C@H]([N+](=O)[O-])[C@@]4(Cl)C[C@H](O)CC[C@]4(C)[C@H]3CC[C@]12C. The van der Waals surface area contributed by atoms with E-state index in [-0.39, 0.29) is 10.3 Å². The van der Waals surface area contributed by atoms with Gasteiger partial charge in [0.05, 0.1) is 6.10 Å². The van der Waals surface area contributed by atoms with Gasteiger partial charge in [-0.1, -0.05) is 53.9 Å². The molecule has 0 radical (unpaired) electrons. The van der Waals surface area contributed by atoms with E-state index in [1.54, 1.807) is 0 Å². The molecule has 0 aliphatic heterocycles. The lowest BCUT2D eigenvalue weighted by atomic mass is 9.43. The molecule has 184 valence electrons. The van der Waals surface area contributed by atoms with Crippen LogP contribution in [0, 0.1) is 56.5 Å². The molecule has 4 rings (SSSR count). The Bertz CT molecular complexity index is 715. The summed E-state index contributed by atoms with van der Waals surface area (Å²) in [6.07, 6.45) is 10.9. The predicted octanol–water partition coefficient (Wildman–Crippen LogP) is 7.09. The Morgan fingerprint density at radius 1 is 1.06 bits per heavy atom. The number of nitrogens with zero attached hydrogens (tertiary/aromatic N) is 1. The van der Waals surface area contributed by atoms with Crippen molar-refractivity contribution in [2.75, 3.05) is 0 Å². The summed E-state index contributed by atoms with van der Waals surface area (Å²) in [5, 5.41) is 22.7. The first-order valence-electron chi connectivity index (χ1n) is 13.4. The molecular formula is C27H46ClNO3. The Balaban J connectivity index is 1.59. The number of hydrogen-bond acceptors (Lipinski definition) is 3. The Morgan fingerprint density at radius 2 is 1.78 bits per heavy atom. The molecule has 0 aromatic heterocycles. The zero-order valence-corrected chi connectivity index (χ0v) is 21.7. The number of aliphatic hydroxyl groups excluding tert-OH is 1. The Kier molecular flexibility index (Phi) is 6.73. The molecule has 0 bridgehead atoms. The van der Waals surface area contributed by atoms with Gasteiger partial charge in [-0.05, 0) is 91.3 Å². The molecule has 0 unspecified atom stereocenters. The van der Waals surface area contributed by atoms with Crippen molar-refractivity contribution in [1.82, 2.24) is 0 Å². The molecule has 4 nitrogen and oxygen atoms in total. The number of rotatable bonds is 6. The zero-order chi connectivity index (χ0) is 23.5. The molecule has 0 aromatic carbocycles. The Hall–Kier alpha value is -0.350. The number of aliphatic hydroxyl groups is 1. The number of halogens is 1. The zero-order valence-electron chi connectivity index (χ0n) is 21.0. The van der Waals surface area contributed by atoms with Crippen molar-refractivity contribution in [2.45, 2.75) is 122 Å². The largest absolute Gasteiger partial charge is 0.393 e. The van der Waals surface area contributed by atoms with Gasteiger partial charge in [0.25, 0.3) is 0 Å². The maximum atomic E-state index is 12.3. The summed E-state index contributed by atoms with van der Waals surface area (Å²) in [4.78, 5) is 11.3. The van der Waals surface area contributed by atoms with E-state index < -0.39 is 17.0 Å². The van der Waals surface area contributed by atoms with Crippen molar-refractivity contribution < 1.29 is 10.0 Å². The van der Waals surface area contributed by atoms with Gasteiger partial charge in [-0.15, -0.1) is 11.6 Å². The van der Waals surface area contributed by atoms with Crippen LogP contribution < -0.4 is 0 Å². The Morgan fingerprint density at radius 3 is 2.44 bits per heavy atom. The van der Waals surface area contributed by atoms with Gasteiger partial charge in [0, 0.05) is 11.3 Å². The van der Waals surface area contributed by atoms with Gasteiger partial charge < -0.3 is 5.11 Å². The fourth-order valence-corrected chi connectivity index (χ4v) is 10.1. The van der Waals surface area contributed by atoms with Crippen molar-refractivity contribution in [3.63, 3.8) is 0 Å². The smallest absolute Gasteiger partial charge is 0.232 e. The number of hydrogen-bond donors (Lipinski definition) is 1. The lowest BCUT2D eigenvalue weighted by Crippen LogP contribution is -2.67. The summed E-state index contributed by atoms with van der Waals surface area (Å²) in [6, 6.07) is -0.741. The van der Waals surface area contributed by atoms with Gasteiger partial charge in [0.15, 0.2) is 0 Å². The molecule has 0 spiro atoms. The van der Waals surface area contributed by atoms with Crippen LogP contribution in [0.25, 0.3) is 0 Å². The molecule has 0 aromatic rings.